The van der Waals surface area contributed by atoms with Crippen LogP contribution in [-0.2, 0) is 17.8 Å². The van der Waals surface area contributed by atoms with Gasteiger partial charge in [0.15, 0.2) is 5.78 Å². The van der Waals surface area contributed by atoms with Gasteiger partial charge in [-0.1, -0.05) is 13.8 Å². The maximum absolute atomic E-state index is 12.3. The van der Waals surface area contributed by atoms with E-state index in [1.54, 1.807) is 24.3 Å². The molecule has 128 valence electrons. The molecular weight excluding hydrogens is 302 g/mol. The van der Waals surface area contributed by atoms with E-state index in [0.717, 1.165) is 23.5 Å². The predicted molar refractivity (Wildman–Crippen MR) is 95.3 cm³/mol. The number of amides is 1. The van der Waals surface area contributed by atoms with Crippen molar-refractivity contribution < 1.29 is 9.59 Å². The number of ketones is 1. The standard InChI is InChI=1S/C19H25N3O2/c1-12(2)11-22-14(4)18(13(3)21-22)10-19(24)20-17-8-6-16(7-9-17)15(5)23/h6-9,12H,10-11H2,1-5H3,(H,20,24). The summed E-state index contributed by atoms with van der Waals surface area (Å²) in [4.78, 5) is 23.6. The summed E-state index contributed by atoms with van der Waals surface area (Å²) in [5.41, 5.74) is 4.25. The number of aromatic nitrogens is 2. The molecule has 2 rings (SSSR count). The second kappa shape index (κ2) is 7.43. The summed E-state index contributed by atoms with van der Waals surface area (Å²) in [6.07, 6.45) is 0.296. The zero-order valence-electron chi connectivity index (χ0n) is 15.0. The Kier molecular flexibility index (Phi) is 5.54. The summed E-state index contributed by atoms with van der Waals surface area (Å²) < 4.78 is 1.98. The van der Waals surface area contributed by atoms with Crippen molar-refractivity contribution in [2.24, 2.45) is 5.92 Å². The molecule has 2 aromatic rings. The van der Waals surface area contributed by atoms with E-state index in [0.29, 0.717) is 23.6 Å². The first kappa shape index (κ1) is 17.9. The van der Waals surface area contributed by atoms with E-state index in [4.69, 9.17) is 0 Å². The maximum atomic E-state index is 12.3. The molecule has 0 aliphatic carbocycles. The minimum absolute atomic E-state index is 0.0108. The van der Waals surface area contributed by atoms with Gasteiger partial charge in [0, 0.05) is 29.1 Å². The van der Waals surface area contributed by atoms with E-state index >= 15 is 0 Å². The normalized spacial score (nSPS) is 10.9. The first-order valence-electron chi connectivity index (χ1n) is 8.21. The molecule has 5 nitrogen and oxygen atoms in total. The number of benzene rings is 1. The Bertz CT molecular complexity index is 743. The Labute approximate surface area is 143 Å². The molecule has 1 aromatic carbocycles. The molecule has 0 unspecified atom stereocenters. The highest BCUT2D eigenvalue weighted by atomic mass is 16.1. The van der Waals surface area contributed by atoms with E-state index in [-0.39, 0.29) is 11.7 Å². The summed E-state index contributed by atoms with van der Waals surface area (Å²) in [5, 5.41) is 7.41. The Hall–Kier alpha value is -2.43. The molecule has 1 aromatic heterocycles. The third-order valence-corrected chi connectivity index (χ3v) is 3.98. The van der Waals surface area contributed by atoms with Crippen LogP contribution in [0.25, 0.3) is 0 Å². The monoisotopic (exact) mass is 327 g/mol. The van der Waals surface area contributed by atoms with Gasteiger partial charge in [-0.05, 0) is 51.0 Å². The molecule has 1 heterocycles. The molecule has 0 spiro atoms. The Morgan fingerprint density at radius 1 is 1.17 bits per heavy atom. The highest BCUT2D eigenvalue weighted by Gasteiger charge is 2.15. The van der Waals surface area contributed by atoms with Crippen molar-refractivity contribution in [1.82, 2.24) is 9.78 Å². The van der Waals surface area contributed by atoms with E-state index in [1.807, 2.05) is 18.5 Å². The second-order valence-electron chi connectivity index (χ2n) is 6.58. The Morgan fingerprint density at radius 3 is 2.33 bits per heavy atom. The molecule has 0 aliphatic rings. The van der Waals surface area contributed by atoms with Gasteiger partial charge in [-0.3, -0.25) is 14.3 Å². The molecule has 0 radical (unpaired) electrons. The maximum Gasteiger partial charge on any atom is 0.228 e. The largest absolute Gasteiger partial charge is 0.326 e. The fraction of sp³-hybridized carbons (Fsp3) is 0.421. The number of Topliss-reactive ketones (excluding diaryl/α,β-unsaturated/α-hetero) is 1. The molecule has 0 fully saturated rings. The number of anilines is 1. The van der Waals surface area contributed by atoms with E-state index in [1.165, 1.54) is 6.92 Å². The quantitative estimate of drug-likeness (QED) is 0.825. The summed E-state index contributed by atoms with van der Waals surface area (Å²) in [6, 6.07) is 6.93. The SMILES string of the molecule is CC(=O)c1ccc(NC(=O)Cc2c(C)nn(CC(C)C)c2C)cc1. The highest BCUT2D eigenvalue weighted by molar-refractivity contribution is 5.96. The van der Waals surface area contributed by atoms with Crippen molar-refractivity contribution in [1.29, 1.82) is 0 Å². The zero-order valence-corrected chi connectivity index (χ0v) is 15.0. The topological polar surface area (TPSA) is 64.0 Å². The Morgan fingerprint density at radius 2 is 1.79 bits per heavy atom. The summed E-state index contributed by atoms with van der Waals surface area (Å²) in [5.74, 6) is 0.432. The number of aryl methyl sites for hydroxylation is 1. The van der Waals surface area contributed by atoms with Gasteiger partial charge in [0.25, 0.3) is 0 Å². The van der Waals surface area contributed by atoms with E-state index < -0.39 is 0 Å². The Balaban J connectivity index is 2.07. The average molecular weight is 327 g/mol. The van der Waals surface area contributed by atoms with Gasteiger partial charge in [-0.25, -0.2) is 0 Å². The van der Waals surface area contributed by atoms with Crippen LogP contribution in [0.2, 0.25) is 0 Å². The van der Waals surface area contributed by atoms with Crippen LogP contribution < -0.4 is 5.32 Å². The van der Waals surface area contributed by atoms with Crippen molar-refractivity contribution in [3.63, 3.8) is 0 Å². The molecule has 0 bridgehead atoms. The van der Waals surface area contributed by atoms with Gasteiger partial charge in [0.1, 0.15) is 0 Å². The lowest BCUT2D eigenvalue weighted by atomic mass is 10.1. The first-order valence-corrected chi connectivity index (χ1v) is 8.21. The van der Waals surface area contributed by atoms with Crippen LogP contribution in [0, 0.1) is 19.8 Å². The van der Waals surface area contributed by atoms with Gasteiger partial charge >= 0.3 is 0 Å². The molecule has 24 heavy (non-hydrogen) atoms. The van der Waals surface area contributed by atoms with Gasteiger partial charge in [-0.2, -0.15) is 5.10 Å². The fourth-order valence-corrected chi connectivity index (χ4v) is 2.67. The molecule has 1 amide bonds. The van der Waals surface area contributed by atoms with Crippen molar-refractivity contribution in [3.05, 3.63) is 46.8 Å². The zero-order chi connectivity index (χ0) is 17.9. The lowest BCUT2D eigenvalue weighted by molar-refractivity contribution is -0.115. The smallest absolute Gasteiger partial charge is 0.228 e. The lowest BCUT2D eigenvalue weighted by Gasteiger charge is -2.08. The molecule has 0 atom stereocenters. The van der Waals surface area contributed by atoms with Crippen LogP contribution in [0.3, 0.4) is 0 Å². The minimum Gasteiger partial charge on any atom is -0.326 e. The number of hydrogen-bond acceptors (Lipinski definition) is 3. The summed E-state index contributed by atoms with van der Waals surface area (Å²) >= 11 is 0. The first-order chi connectivity index (χ1) is 11.3. The van der Waals surface area contributed by atoms with Crippen molar-refractivity contribution in [3.8, 4) is 0 Å². The molecular formula is C19H25N3O2. The van der Waals surface area contributed by atoms with Gasteiger partial charge < -0.3 is 5.32 Å². The van der Waals surface area contributed by atoms with Gasteiger partial charge in [-0.15, -0.1) is 0 Å². The number of carbonyl (C=O) groups excluding carboxylic acids is 2. The third-order valence-electron chi connectivity index (χ3n) is 3.98. The van der Waals surface area contributed by atoms with Crippen molar-refractivity contribution >= 4 is 17.4 Å². The molecule has 1 N–H and O–H groups in total. The van der Waals surface area contributed by atoms with Gasteiger partial charge in [0.2, 0.25) is 5.91 Å². The minimum atomic E-state index is -0.0825. The number of hydrogen-bond donors (Lipinski definition) is 1. The molecule has 0 aliphatic heterocycles. The van der Waals surface area contributed by atoms with Crippen molar-refractivity contribution in [2.75, 3.05) is 5.32 Å². The predicted octanol–water partition coefficient (Wildman–Crippen LogP) is 3.54. The number of nitrogens with zero attached hydrogens (tertiary/aromatic N) is 2. The fourth-order valence-electron chi connectivity index (χ4n) is 2.67. The summed E-state index contributed by atoms with van der Waals surface area (Å²) in [7, 11) is 0. The lowest BCUT2D eigenvalue weighted by Crippen LogP contribution is -2.15. The van der Waals surface area contributed by atoms with E-state index in [2.05, 4.69) is 24.3 Å². The van der Waals surface area contributed by atoms with Crippen LogP contribution in [0.1, 0.15) is 48.1 Å². The third kappa shape index (κ3) is 4.31. The van der Waals surface area contributed by atoms with Crippen LogP contribution >= 0.6 is 0 Å². The number of carbonyl (C=O) groups is 2. The van der Waals surface area contributed by atoms with E-state index in [9.17, 15) is 9.59 Å². The highest BCUT2D eigenvalue weighted by Crippen LogP contribution is 2.17. The molecule has 0 saturated carbocycles. The van der Waals surface area contributed by atoms with Crippen LogP contribution in [0.15, 0.2) is 24.3 Å². The van der Waals surface area contributed by atoms with Crippen LogP contribution in [0.4, 0.5) is 5.69 Å². The molecule has 5 heteroatoms. The number of rotatable bonds is 6. The second-order valence-corrected chi connectivity index (χ2v) is 6.58. The van der Waals surface area contributed by atoms with Crippen molar-refractivity contribution in [2.45, 2.75) is 47.6 Å². The van der Waals surface area contributed by atoms with Crippen LogP contribution in [-0.4, -0.2) is 21.5 Å². The van der Waals surface area contributed by atoms with Gasteiger partial charge in [0.05, 0.1) is 12.1 Å². The number of nitrogens with one attached hydrogen (secondary N) is 1. The summed E-state index contributed by atoms with van der Waals surface area (Å²) in [6.45, 7) is 10.6. The van der Waals surface area contributed by atoms with Crippen LogP contribution in [0.5, 0.6) is 0 Å². The average Bonchev–Trinajstić information content (AvgIpc) is 2.74. The molecule has 0 saturated heterocycles.